The molecule has 0 saturated carbocycles. The molecule has 2 N–H and O–H groups in total. The molecule has 25 heavy (non-hydrogen) atoms. The normalized spacial score (nSPS) is 31.8. The van der Waals surface area contributed by atoms with Crippen molar-refractivity contribution < 1.29 is 27.7 Å². The third-order valence-corrected chi connectivity index (χ3v) is 5.46. The molecular weight excluding hydrogens is 346 g/mol. The van der Waals surface area contributed by atoms with Crippen molar-refractivity contribution in [2.45, 2.75) is 43.5 Å². The summed E-state index contributed by atoms with van der Waals surface area (Å²) in [5.74, 6) is 0. The summed E-state index contributed by atoms with van der Waals surface area (Å²) in [5.41, 5.74) is 1.02. The largest absolute Gasteiger partial charge is 0.394 e. The van der Waals surface area contributed by atoms with E-state index < -0.39 is 22.2 Å². The second-order valence-electron chi connectivity index (χ2n) is 6.18. The number of aliphatic hydroxyl groups is 1. The molecule has 2 fully saturated rings. The van der Waals surface area contributed by atoms with Crippen LogP contribution >= 0.6 is 0 Å². The van der Waals surface area contributed by atoms with Crippen molar-refractivity contribution >= 4 is 10.0 Å². The first-order chi connectivity index (χ1) is 12.0. The van der Waals surface area contributed by atoms with Gasteiger partial charge in [-0.25, -0.2) is 13.1 Å². The van der Waals surface area contributed by atoms with Crippen LogP contribution in [0.25, 0.3) is 0 Å². The summed E-state index contributed by atoms with van der Waals surface area (Å²) in [4.78, 5) is 0. The minimum absolute atomic E-state index is 0.149. The number of benzene rings is 1. The van der Waals surface area contributed by atoms with Crippen LogP contribution in [-0.2, 0) is 30.8 Å². The van der Waals surface area contributed by atoms with Crippen LogP contribution in [0.15, 0.2) is 42.3 Å². The van der Waals surface area contributed by atoms with Gasteiger partial charge in [-0.1, -0.05) is 36.9 Å². The van der Waals surface area contributed by atoms with Gasteiger partial charge in [0, 0.05) is 18.4 Å². The molecule has 0 bridgehead atoms. The number of hydrogen-bond acceptors (Lipinski definition) is 6. The topological polar surface area (TPSA) is 94.1 Å². The Morgan fingerprint density at radius 2 is 2.08 bits per heavy atom. The van der Waals surface area contributed by atoms with Crippen LogP contribution in [0.2, 0.25) is 0 Å². The summed E-state index contributed by atoms with van der Waals surface area (Å²) in [5, 5.41) is 10.4. The minimum atomic E-state index is -3.48. The summed E-state index contributed by atoms with van der Waals surface area (Å²) in [6.07, 6.45) is -1.12. The molecule has 2 aliphatic rings. The molecule has 0 spiro atoms. The molecule has 3 rings (SSSR count). The number of fused-ring (bicyclic) bond motifs is 1. The number of hydrogen-bond donors (Lipinski definition) is 2. The maximum absolute atomic E-state index is 11.5. The van der Waals surface area contributed by atoms with E-state index >= 15 is 0 Å². The van der Waals surface area contributed by atoms with Crippen molar-refractivity contribution in [2.75, 3.05) is 13.2 Å². The molecule has 1 aromatic carbocycles. The number of rotatable bonds is 8. The zero-order valence-corrected chi connectivity index (χ0v) is 14.6. The van der Waals surface area contributed by atoms with E-state index in [9.17, 15) is 13.5 Å². The molecule has 0 radical (unpaired) electrons. The smallest absolute Gasteiger partial charge is 0.233 e. The molecule has 0 aliphatic carbocycles. The van der Waals surface area contributed by atoms with Gasteiger partial charge in [0.15, 0.2) is 0 Å². The maximum atomic E-state index is 11.5. The van der Waals surface area contributed by atoms with Gasteiger partial charge in [-0.3, -0.25) is 0 Å². The Morgan fingerprint density at radius 1 is 1.32 bits per heavy atom. The third kappa shape index (κ3) is 4.46. The third-order valence-electron chi connectivity index (χ3n) is 4.45. The van der Waals surface area contributed by atoms with Gasteiger partial charge in [0.25, 0.3) is 0 Å². The number of aliphatic hydroxyl groups excluding tert-OH is 1. The predicted molar refractivity (Wildman–Crippen MR) is 91.2 cm³/mol. The van der Waals surface area contributed by atoms with Gasteiger partial charge in [0.05, 0.1) is 25.4 Å². The average Bonchev–Trinajstić information content (AvgIpc) is 3.16. The molecular formula is C17H23NO6S. The van der Waals surface area contributed by atoms with E-state index in [2.05, 4.69) is 11.3 Å². The highest BCUT2D eigenvalue weighted by Crippen LogP contribution is 2.36. The van der Waals surface area contributed by atoms with Gasteiger partial charge in [-0.2, -0.15) is 0 Å². The molecule has 2 aliphatic heterocycles. The van der Waals surface area contributed by atoms with Crippen LogP contribution in [0.4, 0.5) is 0 Å². The summed E-state index contributed by atoms with van der Waals surface area (Å²) in [6.45, 7) is 3.66. The Labute approximate surface area is 147 Å². The lowest BCUT2D eigenvalue weighted by atomic mass is 10.1. The van der Waals surface area contributed by atoms with Crippen LogP contribution in [0, 0.1) is 0 Å². The number of ether oxygens (including phenoxy) is 3. The van der Waals surface area contributed by atoms with Crippen molar-refractivity contribution in [2.24, 2.45) is 0 Å². The van der Waals surface area contributed by atoms with Crippen molar-refractivity contribution in [3.8, 4) is 0 Å². The molecule has 5 atom stereocenters. The summed E-state index contributed by atoms with van der Waals surface area (Å²) in [6, 6.07) is 9.73. The monoisotopic (exact) mass is 369 g/mol. The second kappa shape index (κ2) is 7.94. The van der Waals surface area contributed by atoms with Crippen molar-refractivity contribution in [3.05, 3.63) is 47.9 Å². The minimum Gasteiger partial charge on any atom is -0.394 e. The van der Waals surface area contributed by atoms with E-state index in [0.717, 1.165) is 11.0 Å². The van der Waals surface area contributed by atoms with E-state index in [0.29, 0.717) is 13.0 Å². The highest BCUT2D eigenvalue weighted by atomic mass is 32.2. The molecule has 2 heterocycles. The highest BCUT2D eigenvalue weighted by molar-refractivity contribution is 7.92. The first-order valence-electron chi connectivity index (χ1n) is 8.22. The van der Waals surface area contributed by atoms with Gasteiger partial charge < -0.3 is 19.3 Å². The van der Waals surface area contributed by atoms with Crippen LogP contribution < -0.4 is 4.72 Å². The molecule has 2 saturated heterocycles. The molecule has 8 heteroatoms. The second-order valence-corrected chi connectivity index (χ2v) is 7.89. The van der Waals surface area contributed by atoms with E-state index in [1.165, 1.54) is 0 Å². The van der Waals surface area contributed by atoms with Crippen LogP contribution in [-0.4, -0.2) is 57.2 Å². The molecule has 0 amide bonds. The fraction of sp³-hybridized carbons (Fsp3) is 0.529. The Morgan fingerprint density at radius 3 is 2.76 bits per heavy atom. The maximum Gasteiger partial charge on any atom is 0.233 e. The van der Waals surface area contributed by atoms with Gasteiger partial charge >= 0.3 is 0 Å². The summed E-state index contributed by atoms with van der Waals surface area (Å²) >= 11 is 0. The van der Waals surface area contributed by atoms with Gasteiger partial charge in [-0.05, 0) is 5.56 Å². The Kier molecular flexibility index (Phi) is 5.88. The van der Waals surface area contributed by atoms with Crippen LogP contribution in [0.1, 0.15) is 12.0 Å². The van der Waals surface area contributed by atoms with Gasteiger partial charge in [0.1, 0.15) is 18.3 Å². The first kappa shape index (κ1) is 18.5. The van der Waals surface area contributed by atoms with E-state index in [1.54, 1.807) is 0 Å². The van der Waals surface area contributed by atoms with Gasteiger partial charge in [-0.15, -0.1) is 0 Å². The molecule has 7 nitrogen and oxygen atoms in total. The molecule has 0 aromatic heterocycles. The summed E-state index contributed by atoms with van der Waals surface area (Å²) < 4.78 is 43.0. The number of nitrogens with one attached hydrogen (secondary N) is 1. The van der Waals surface area contributed by atoms with E-state index in [1.807, 2.05) is 30.3 Å². The Bertz CT molecular complexity index is 680. The fourth-order valence-electron chi connectivity index (χ4n) is 3.21. The fourth-order valence-corrected chi connectivity index (χ4v) is 3.75. The zero-order valence-electron chi connectivity index (χ0n) is 13.8. The zero-order chi connectivity index (χ0) is 17.9. The van der Waals surface area contributed by atoms with Crippen molar-refractivity contribution in [3.63, 3.8) is 0 Å². The van der Waals surface area contributed by atoms with E-state index in [4.69, 9.17) is 14.2 Å². The number of sulfonamides is 1. The van der Waals surface area contributed by atoms with Crippen molar-refractivity contribution in [1.29, 1.82) is 0 Å². The molecule has 0 unspecified atom stereocenters. The van der Waals surface area contributed by atoms with Crippen molar-refractivity contribution in [1.82, 2.24) is 4.72 Å². The quantitative estimate of drug-likeness (QED) is 0.695. The molecule has 138 valence electrons. The lowest BCUT2D eigenvalue weighted by Crippen LogP contribution is -2.38. The Balaban J connectivity index is 1.58. The summed E-state index contributed by atoms with van der Waals surface area (Å²) in [7, 11) is -3.48. The standard InChI is InChI=1S/C17H23NO6S/c1-2-25(20,21)18-9-13-8-14-17(23-13)16(15(10-19)24-14)22-11-12-6-4-3-5-7-12/h2-7,13-19H,1,8-11H2/t13-,14+,15-,16-,17-/m1/s1. The van der Waals surface area contributed by atoms with Crippen LogP contribution in [0.3, 0.4) is 0 Å². The molecule has 1 aromatic rings. The van der Waals surface area contributed by atoms with E-state index in [-0.39, 0.29) is 31.5 Å². The SMILES string of the molecule is C=CS(=O)(=O)NC[C@H]1C[C@@H]2O[C@H](CO)[C@@H](OCc3ccccc3)[C@@H]2O1. The van der Waals surface area contributed by atoms with Gasteiger partial charge in [0.2, 0.25) is 10.0 Å². The lowest BCUT2D eigenvalue weighted by Gasteiger charge is -2.23. The highest BCUT2D eigenvalue weighted by Gasteiger charge is 2.51. The average molecular weight is 369 g/mol. The lowest BCUT2D eigenvalue weighted by molar-refractivity contribution is -0.0907. The van der Waals surface area contributed by atoms with Crippen LogP contribution in [0.5, 0.6) is 0 Å². The predicted octanol–water partition coefficient (Wildman–Crippen LogP) is 0.552. The first-order valence-corrected chi connectivity index (χ1v) is 9.76. The Hall–Kier alpha value is -1.29.